The van der Waals surface area contributed by atoms with Gasteiger partial charge in [0.05, 0.1) is 12.1 Å². The van der Waals surface area contributed by atoms with Crippen LogP contribution in [-0.2, 0) is 17.8 Å². The Morgan fingerprint density at radius 2 is 1.89 bits per heavy atom. The number of hydrogen-bond acceptors (Lipinski definition) is 5. The molecule has 1 aliphatic heterocycles. The number of aromatic nitrogens is 2. The first-order valence-corrected chi connectivity index (χ1v) is 9.73. The van der Waals surface area contributed by atoms with E-state index in [1.165, 1.54) is 0 Å². The molecule has 3 heterocycles. The van der Waals surface area contributed by atoms with Crippen molar-refractivity contribution in [2.24, 2.45) is 0 Å². The average Bonchev–Trinajstić information content (AvgIpc) is 3.25. The van der Waals surface area contributed by atoms with E-state index in [0.717, 1.165) is 39.3 Å². The number of benzene rings is 1. The normalized spacial score (nSPS) is 12.8. The van der Waals surface area contributed by atoms with Crippen LogP contribution in [0.3, 0.4) is 0 Å². The molecule has 0 unspecified atom stereocenters. The van der Waals surface area contributed by atoms with Crippen molar-refractivity contribution in [3.8, 4) is 16.6 Å². The molecule has 0 fully saturated rings. The van der Waals surface area contributed by atoms with E-state index in [1.54, 1.807) is 11.3 Å². The van der Waals surface area contributed by atoms with Crippen LogP contribution in [0.1, 0.15) is 22.6 Å². The summed E-state index contributed by atoms with van der Waals surface area (Å²) in [7, 11) is 0. The fourth-order valence-electron chi connectivity index (χ4n) is 3.08. The number of thiazole rings is 1. The van der Waals surface area contributed by atoms with Gasteiger partial charge in [-0.15, -0.1) is 11.3 Å². The molecule has 0 spiro atoms. The second kappa shape index (κ2) is 7.44. The van der Waals surface area contributed by atoms with Crippen molar-refractivity contribution in [3.63, 3.8) is 0 Å². The SMILES string of the molecule is Cc1ccc(C)n1-c1nc(CC(=O)NCc2ccc3c(c2)OCCO3)cs1. The van der Waals surface area contributed by atoms with Crippen LogP contribution in [0.5, 0.6) is 11.5 Å². The molecule has 1 aromatic carbocycles. The summed E-state index contributed by atoms with van der Waals surface area (Å²) < 4.78 is 13.2. The lowest BCUT2D eigenvalue weighted by Crippen LogP contribution is -2.25. The summed E-state index contributed by atoms with van der Waals surface area (Å²) in [5.74, 6) is 1.43. The van der Waals surface area contributed by atoms with Gasteiger partial charge in [-0.25, -0.2) is 4.98 Å². The lowest BCUT2D eigenvalue weighted by Gasteiger charge is -2.18. The summed E-state index contributed by atoms with van der Waals surface area (Å²) in [6, 6.07) is 9.86. The molecule has 1 N–H and O–H groups in total. The van der Waals surface area contributed by atoms with Crippen LogP contribution in [0.2, 0.25) is 0 Å². The molecule has 1 amide bonds. The van der Waals surface area contributed by atoms with Crippen molar-refractivity contribution in [2.45, 2.75) is 26.8 Å². The number of ether oxygens (including phenoxy) is 2. The molecule has 0 bridgehead atoms. The van der Waals surface area contributed by atoms with Crippen LogP contribution in [0.4, 0.5) is 0 Å². The quantitative estimate of drug-likeness (QED) is 0.735. The smallest absolute Gasteiger partial charge is 0.226 e. The van der Waals surface area contributed by atoms with Crippen LogP contribution < -0.4 is 14.8 Å². The first-order valence-electron chi connectivity index (χ1n) is 8.85. The lowest BCUT2D eigenvalue weighted by atomic mass is 10.2. The standard InChI is InChI=1S/C20H21N3O3S/c1-13-3-4-14(2)23(13)20-22-16(12-27-20)10-19(24)21-11-15-5-6-17-18(9-15)26-8-7-25-17/h3-6,9,12H,7-8,10-11H2,1-2H3,(H,21,24). The van der Waals surface area contributed by atoms with Gasteiger partial charge in [-0.05, 0) is 43.7 Å². The molecule has 140 valence electrons. The first-order chi connectivity index (χ1) is 13.1. The molecule has 0 radical (unpaired) electrons. The van der Waals surface area contributed by atoms with Gasteiger partial charge >= 0.3 is 0 Å². The highest BCUT2D eigenvalue weighted by molar-refractivity contribution is 7.12. The Morgan fingerprint density at radius 1 is 1.15 bits per heavy atom. The Hall–Kier alpha value is -2.80. The van der Waals surface area contributed by atoms with Gasteiger partial charge in [-0.3, -0.25) is 9.36 Å². The van der Waals surface area contributed by atoms with E-state index >= 15 is 0 Å². The third-order valence-electron chi connectivity index (χ3n) is 4.44. The summed E-state index contributed by atoms with van der Waals surface area (Å²) in [4.78, 5) is 16.9. The van der Waals surface area contributed by atoms with Gasteiger partial charge in [0.1, 0.15) is 13.2 Å². The highest BCUT2D eigenvalue weighted by Crippen LogP contribution is 2.30. The zero-order valence-corrected chi connectivity index (χ0v) is 16.1. The number of nitrogens with zero attached hydrogens (tertiary/aromatic N) is 2. The third-order valence-corrected chi connectivity index (χ3v) is 5.31. The van der Waals surface area contributed by atoms with Gasteiger partial charge in [0, 0.05) is 23.3 Å². The van der Waals surface area contributed by atoms with E-state index < -0.39 is 0 Å². The molecule has 7 heteroatoms. The minimum atomic E-state index is -0.0531. The topological polar surface area (TPSA) is 65.4 Å². The molecule has 4 rings (SSSR count). The molecular weight excluding hydrogens is 362 g/mol. The first kappa shape index (κ1) is 17.6. The maximum absolute atomic E-state index is 12.3. The van der Waals surface area contributed by atoms with Gasteiger partial charge in [0.2, 0.25) is 5.91 Å². The van der Waals surface area contributed by atoms with Gasteiger partial charge < -0.3 is 14.8 Å². The Kier molecular flexibility index (Phi) is 4.85. The highest BCUT2D eigenvalue weighted by atomic mass is 32.1. The van der Waals surface area contributed by atoms with Crippen LogP contribution in [0.15, 0.2) is 35.7 Å². The fourth-order valence-corrected chi connectivity index (χ4v) is 4.02. The molecule has 0 atom stereocenters. The van der Waals surface area contributed by atoms with E-state index in [4.69, 9.17) is 9.47 Å². The van der Waals surface area contributed by atoms with Crippen LogP contribution in [0.25, 0.3) is 5.13 Å². The van der Waals surface area contributed by atoms with Crippen molar-refractivity contribution < 1.29 is 14.3 Å². The molecule has 2 aromatic heterocycles. The minimum Gasteiger partial charge on any atom is -0.486 e. The number of rotatable bonds is 5. The maximum Gasteiger partial charge on any atom is 0.226 e. The lowest BCUT2D eigenvalue weighted by molar-refractivity contribution is -0.120. The molecule has 6 nitrogen and oxygen atoms in total. The van der Waals surface area contributed by atoms with E-state index in [0.29, 0.717) is 19.8 Å². The number of aryl methyl sites for hydroxylation is 2. The van der Waals surface area contributed by atoms with E-state index in [2.05, 4.69) is 27.0 Å². The minimum absolute atomic E-state index is 0.0531. The van der Waals surface area contributed by atoms with Gasteiger partial charge in [-0.2, -0.15) is 0 Å². The van der Waals surface area contributed by atoms with Crippen LogP contribution in [-0.4, -0.2) is 28.7 Å². The van der Waals surface area contributed by atoms with Crippen molar-refractivity contribution in [3.05, 3.63) is 58.4 Å². The fraction of sp³-hybridized carbons (Fsp3) is 0.300. The number of amides is 1. The molecule has 0 aliphatic carbocycles. The van der Waals surface area contributed by atoms with E-state index in [1.807, 2.05) is 37.4 Å². The van der Waals surface area contributed by atoms with Crippen molar-refractivity contribution in [1.82, 2.24) is 14.9 Å². The third kappa shape index (κ3) is 3.83. The van der Waals surface area contributed by atoms with Crippen LogP contribution >= 0.6 is 11.3 Å². The number of carbonyl (C=O) groups is 1. The Morgan fingerprint density at radius 3 is 2.67 bits per heavy atom. The van der Waals surface area contributed by atoms with Gasteiger partial charge in [0.25, 0.3) is 0 Å². The van der Waals surface area contributed by atoms with Gasteiger partial charge in [-0.1, -0.05) is 6.07 Å². The van der Waals surface area contributed by atoms with Gasteiger partial charge in [0.15, 0.2) is 16.6 Å². The number of carbonyl (C=O) groups excluding carboxylic acids is 1. The zero-order chi connectivity index (χ0) is 18.8. The summed E-state index contributed by atoms with van der Waals surface area (Å²) in [6.45, 7) is 5.67. The average molecular weight is 383 g/mol. The maximum atomic E-state index is 12.3. The summed E-state index contributed by atoms with van der Waals surface area (Å²) in [5, 5.41) is 5.78. The van der Waals surface area contributed by atoms with Crippen molar-refractivity contribution in [2.75, 3.05) is 13.2 Å². The summed E-state index contributed by atoms with van der Waals surface area (Å²) >= 11 is 1.55. The number of nitrogens with one attached hydrogen (secondary N) is 1. The van der Waals surface area contributed by atoms with Crippen molar-refractivity contribution >= 4 is 17.2 Å². The number of hydrogen-bond donors (Lipinski definition) is 1. The highest BCUT2D eigenvalue weighted by Gasteiger charge is 2.13. The predicted molar refractivity (Wildman–Crippen MR) is 104 cm³/mol. The monoisotopic (exact) mass is 383 g/mol. The Labute approximate surface area is 161 Å². The van der Waals surface area contributed by atoms with E-state index in [9.17, 15) is 4.79 Å². The Balaban J connectivity index is 1.36. The summed E-state index contributed by atoms with van der Waals surface area (Å²) in [5.41, 5.74) is 4.03. The zero-order valence-electron chi connectivity index (χ0n) is 15.3. The van der Waals surface area contributed by atoms with E-state index in [-0.39, 0.29) is 12.3 Å². The Bertz CT molecular complexity index is 957. The molecular formula is C20H21N3O3S. The molecule has 27 heavy (non-hydrogen) atoms. The predicted octanol–water partition coefficient (Wildman–Crippen LogP) is 3.18. The second-order valence-electron chi connectivity index (χ2n) is 6.50. The number of fused-ring (bicyclic) bond motifs is 1. The van der Waals surface area contributed by atoms with Crippen LogP contribution in [0, 0.1) is 13.8 Å². The molecule has 3 aromatic rings. The molecule has 0 saturated heterocycles. The summed E-state index contributed by atoms with van der Waals surface area (Å²) in [6.07, 6.45) is 0.264. The molecule has 1 aliphatic rings. The molecule has 0 saturated carbocycles. The largest absolute Gasteiger partial charge is 0.486 e. The second-order valence-corrected chi connectivity index (χ2v) is 7.34. The van der Waals surface area contributed by atoms with Crippen molar-refractivity contribution in [1.29, 1.82) is 0 Å².